The van der Waals surface area contributed by atoms with Gasteiger partial charge in [0, 0.05) is 24.8 Å². The number of carbonyl (C=O) groups excluding carboxylic acids is 2. The Morgan fingerprint density at radius 2 is 1.83 bits per heavy atom. The van der Waals surface area contributed by atoms with Crippen LogP contribution in [0.2, 0.25) is 0 Å². The maximum Gasteiger partial charge on any atom is 0.251 e. The molecular formula is C21H21N5O4. The normalized spacial score (nSPS) is 10.6. The molecular weight excluding hydrogens is 386 g/mol. The Morgan fingerprint density at radius 1 is 1.07 bits per heavy atom. The van der Waals surface area contributed by atoms with Crippen molar-refractivity contribution >= 4 is 23.8 Å². The van der Waals surface area contributed by atoms with Gasteiger partial charge in [-0.1, -0.05) is 12.1 Å². The predicted octanol–water partition coefficient (Wildman–Crippen LogP) is 2.50. The minimum Gasteiger partial charge on any atom is -0.497 e. The number of carbonyl (C=O) groups is 2. The van der Waals surface area contributed by atoms with Crippen LogP contribution in [-0.2, 0) is 4.79 Å². The van der Waals surface area contributed by atoms with Crippen molar-refractivity contribution in [3.8, 4) is 22.9 Å². The van der Waals surface area contributed by atoms with Crippen LogP contribution in [0.3, 0.4) is 0 Å². The van der Waals surface area contributed by atoms with E-state index >= 15 is 0 Å². The molecule has 0 spiro atoms. The fourth-order valence-corrected chi connectivity index (χ4v) is 2.65. The van der Waals surface area contributed by atoms with Gasteiger partial charge in [0.1, 0.15) is 11.5 Å². The predicted molar refractivity (Wildman–Crippen MR) is 112 cm³/mol. The van der Waals surface area contributed by atoms with Gasteiger partial charge in [-0.2, -0.15) is 4.98 Å². The third-order valence-electron chi connectivity index (χ3n) is 4.21. The summed E-state index contributed by atoms with van der Waals surface area (Å²) in [6, 6.07) is 12.1. The largest absolute Gasteiger partial charge is 0.497 e. The van der Waals surface area contributed by atoms with Crippen LogP contribution >= 0.6 is 0 Å². The van der Waals surface area contributed by atoms with Crippen LogP contribution in [0, 0.1) is 0 Å². The lowest BCUT2D eigenvalue weighted by molar-refractivity contribution is -0.111. The summed E-state index contributed by atoms with van der Waals surface area (Å²) in [6.45, 7) is 0. The molecule has 0 aliphatic rings. The Kier molecular flexibility index (Phi) is 6.43. The van der Waals surface area contributed by atoms with Gasteiger partial charge in [0.15, 0.2) is 5.82 Å². The number of ether oxygens (including phenoxy) is 2. The minimum absolute atomic E-state index is 0.132. The molecule has 30 heavy (non-hydrogen) atoms. The van der Waals surface area contributed by atoms with Crippen molar-refractivity contribution in [2.45, 2.75) is 0 Å². The van der Waals surface area contributed by atoms with Crippen molar-refractivity contribution in [1.29, 1.82) is 0 Å². The number of H-pyrrole nitrogens is 1. The van der Waals surface area contributed by atoms with E-state index in [9.17, 15) is 9.59 Å². The van der Waals surface area contributed by atoms with Crippen molar-refractivity contribution in [3.05, 3.63) is 59.7 Å². The highest BCUT2D eigenvalue weighted by Gasteiger charge is 2.13. The van der Waals surface area contributed by atoms with Crippen molar-refractivity contribution in [2.24, 2.45) is 0 Å². The molecule has 0 saturated heterocycles. The summed E-state index contributed by atoms with van der Waals surface area (Å²) in [5, 5.41) is 11.9. The lowest BCUT2D eigenvalue weighted by atomic mass is 10.1. The summed E-state index contributed by atoms with van der Waals surface area (Å²) >= 11 is 0. The molecule has 3 aromatic rings. The summed E-state index contributed by atoms with van der Waals surface area (Å²) in [6.07, 6.45) is 2.99. The van der Waals surface area contributed by atoms with Crippen LogP contribution in [-0.4, -0.2) is 48.3 Å². The fraction of sp³-hybridized carbons (Fsp3) is 0.143. The number of benzene rings is 2. The number of aromatic amines is 1. The van der Waals surface area contributed by atoms with Crippen LogP contribution in [0.5, 0.6) is 11.5 Å². The van der Waals surface area contributed by atoms with Gasteiger partial charge in [-0.25, -0.2) is 0 Å². The van der Waals surface area contributed by atoms with E-state index < -0.39 is 5.91 Å². The highest BCUT2D eigenvalue weighted by atomic mass is 16.5. The number of rotatable bonds is 7. The molecule has 3 N–H and O–H groups in total. The van der Waals surface area contributed by atoms with Crippen LogP contribution in [0.4, 0.5) is 5.95 Å². The van der Waals surface area contributed by atoms with Crippen LogP contribution < -0.4 is 20.1 Å². The second-order valence-electron chi connectivity index (χ2n) is 6.10. The number of hydrogen-bond donors (Lipinski definition) is 3. The Hall–Kier alpha value is -4.14. The smallest absolute Gasteiger partial charge is 0.251 e. The van der Waals surface area contributed by atoms with Crippen molar-refractivity contribution in [3.63, 3.8) is 0 Å². The van der Waals surface area contributed by atoms with Gasteiger partial charge in [-0.05, 0) is 35.9 Å². The second-order valence-corrected chi connectivity index (χ2v) is 6.10. The molecule has 0 aliphatic heterocycles. The molecule has 0 radical (unpaired) electrons. The van der Waals surface area contributed by atoms with Crippen molar-refractivity contribution < 1.29 is 19.1 Å². The summed E-state index contributed by atoms with van der Waals surface area (Å²) in [7, 11) is 4.68. The molecule has 0 aliphatic carbocycles. The van der Waals surface area contributed by atoms with E-state index in [2.05, 4.69) is 25.8 Å². The van der Waals surface area contributed by atoms with E-state index in [1.807, 2.05) is 0 Å². The van der Waals surface area contributed by atoms with E-state index in [1.54, 1.807) is 69.8 Å². The molecule has 0 bridgehead atoms. The zero-order valence-corrected chi connectivity index (χ0v) is 16.7. The van der Waals surface area contributed by atoms with Crippen LogP contribution in [0.15, 0.2) is 48.5 Å². The molecule has 2 aromatic carbocycles. The zero-order valence-electron chi connectivity index (χ0n) is 16.7. The van der Waals surface area contributed by atoms with Gasteiger partial charge in [-0.15, -0.1) is 5.10 Å². The monoisotopic (exact) mass is 407 g/mol. The fourth-order valence-electron chi connectivity index (χ4n) is 2.65. The Labute approximate surface area is 173 Å². The summed E-state index contributed by atoms with van der Waals surface area (Å²) in [5.74, 6) is 1.22. The quantitative estimate of drug-likeness (QED) is 0.518. The first kappa shape index (κ1) is 20.6. The summed E-state index contributed by atoms with van der Waals surface area (Å²) in [5.41, 5.74) is 2.00. The van der Waals surface area contributed by atoms with Gasteiger partial charge in [0.2, 0.25) is 5.95 Å². The average molecular weight is 407 g/mol. The van der Waals surface area contributed by atoms with Gasteiger partial charge in [0.05, 0.1) is 19.8 Å². The number of hydrogen-bond acceptors (Lipinski definition) is 6. The molecule has 9 heteroatoms. The molecule has 0 fully saturated rings. The molecule has 9 nitrogen and oxygen atoms in total. The lowest BCUT2D eigenvalue weighted by Gasteiger charge is -2.07. The van der Waals surface area contributed by atoms with Crippen molar-refractivity contribution in [1.82, 2.24) is 20.5 Å². The first-order valence-electron chi connectivity index (χ1n) is 9.00. The van der Waals surface area contributed by atoms with Gasteiger partial charge < -0.3 is 14.8 Å². The number of nitrogens with one attached hydrogen (secondary N) is 3. The third kappa shape index (κ3) is 4.82. The number of anilines is 1. The molecule has 0 unspecified atom stereocenters. The number of amides is 2. The molecule has 0 saturated carbocycles. The zero-order chi connectivity index (χ0) is 21.5. The SMILES string of the molecule is CNC(=O)c1ccc(/C=C/C(=O)Nc2n[nH]c(-c3ccc(OC)cc3OC)n2)cc1. The van der Waals surface area contributed by atoms with Gasteiger partial charge in [0.25, 0.3) is 11.8 Å². The van der Waals surface area contributed by atoms with Crippen molar-refractivity contribution in [2.75, 3.05) is 26.6 Å². The number of methoxy groups -OCH3 is 2. The number of aromatic nitrogens is 3. The topological polar surface area (TPSA) is 118 Å². The lowest BCUT2D eigenvalue weighted by Crippen LogP contribution is -2.17. The molecule has 1 heterocycles. The highest BCUT2D eigenvalue weighted by molar-refractivity contribution is 6.01. The van der Waals surface area contributed by atoms with E-state index in [1.165, 1.54) is 6.08 Å². The van der Waals surface area contributed by atoms with E-state index in [0.717, 1.165) is 5.56 Å². The average Bonchev–Trinajstić information content (AvgIpc) is 3.25. The van der Waals surface area contributed by atoms with E-state index in [0.29, 0.717) is 28.5 Å². The number of nitrogens with zero attached hydrogens (tertiary/aromatic N) is 2. The van der Waals surface area contributed by atoms with Gasteiger partial charge >= 0.3 is 0 Å². The molecule has 154 valence electrons. The van der Waals surface area contributed by atoms with Gasteiger partial charge in [-0.3, -0.25) is 20.0 Å². The van der Waals surface area contributed by atoms with Crippen LogP contribution in [0.25, 0.3) is 17.5 Å². The first-order chi connectivity index (χ1) is 14.5. The summed E-state index contributed by atoms with van der Waals surface area (Å²) < 4.78 is 10.5. The molecule has 0 atom stereocenters. The second kappa shape index (κ2) is 9.37. The molecule has 1 aromatic heterocycles. The first-order valence-corrected chi connectivity index (χ1v) is 9.00. The third-order valence-corrected chi connectivity index (χ3v) is 4.21. The Balaban J connectivity index is 1.66. The molecule has 2 amide bonds. The van der Waals surface area contributed by atoms with E-state index in [-0.39, 0.29) is 11.9 Å². The van der Waals surface area contributed by atoms with E-state index in [4.69, 9.17) is 9.47 Å². The standard InChI is InChI=1S/C21H21N5O4/c1-22-20(28)14-7-4-13(5-8-14)6-11-18(27)23-21-24-19(25-26-21)16-10-9-15(29-2)12-17(16)30-3/h4-12H,1-3H3,(H,22,28)(H2,23,24,25,26,27)/b11-6+. The maximum absolute atomic E-state index is 12.2. The minimum atomic E-state index is -0.391. The van der Waals surface area contributed by atoms with Crippen LogP contribution in [0.1, 0.15) is 15.9 Å². The highest BCUT2D eigenvalue weighted by Crippen LogP contribution is 2.31. The molecule has 3 rings (SSSR count). The Morgan fingerprint density at radius 3 is 2.50 bits per heavy atom. The summed E-state index contributed by atoms with van der Waals surface area (Å²) in [4.78, 5) is 28.0. The Bertz CT molecular complexity index is 1070. The maximum atomic E-state index is 12.2.